The minimum atomic E-state index is -1.31. The number of aromatic amines is 1. The number of H-pyrrole nitrogens is 1. The molecule has 0 spiro atoms. The fourth-order valence-electron chi connectivity index (χ4n) is 2.43. The molecule has 1 amide bonds. The van der Waals surface area contributed by atoms with Crippen molar-refractivity contribution in [2.24, 2.45) is 5.73 Å². The molecule has 0 saturated carbocycles. The summed E-state index contributed by atoms with van der Waals surface area (Å²) in [5.74, 6) is -2.99. The number of hydrogen-bond acceptors (Lipinski definition) is 10. The molecule has 27 heavy (non-hydrogen) atoms. The number of aromatic nitrogens is 2. The monoisotopic (exact) mass is 385 g/mol. The Hall–Kier alpha value is -3.15. The van der Waals surface area contributed by atoms with Gasteiger partial charge in [-0.25, -0.2) is 4.98 Å². The van der Waals surface area contributed by atoms with E-state index in [1.54, 1.807) is 0 Å². The number of rotatable bonds is 7. The fourth-order valence-corrected chi connectivity index (χ4v) is 2.43. The highest BCUT2D eigenvalue weighted by atomic mass is 16.7. The van der Waals surface area contributed by atoms with Gasteiger partial charge in [0.25, 0.3) is 5.91 Å². The van der Waals surface area contributed by atoms with E-state index in [1.165, 1.54) is 13.3 Å². The number of nitrogens with two attached hydrogens (primary N) is 1. The summed E-state index contributed by atoms with van der Waals surface area (Å²) in [6.45, 7) is 3.20. The third-order valence-electron chi connectivity index (χ3n) is 3.40. The maximum atomic E-state index is 11.5. The molecule has 1 aliphatic rings. The highest BCUT2D eigenvalue weighted by Gasteiger charge is 2.51. The first-order valence-corrected chi connectivity index (χ1v) is 7.82. The molecule has 1 aromatic rings. The van der Waals surface area contributed by atoms with Crippen molar-refractivity contribution in [3.05, 3.63) is 12.0 Å². The molecular formula is C15H19N3O9. The first-order valence-electron chi connectivity index (χ1n) is 7.82. The van der Waals surface area contributed by atoms with Crippen molar-refractivity contribution in [1.82, 2.24) is 9.97 Å². The van der Waals surface area contributed by atoms with Crippen molar-refractivity contribution in [3.8, 4) is 5.88 Å². The van der Waals surface area contributed by atoms with Crippen molar-refractivity contribution >= 4 is 23.8 Å². The molecule has 0 unspecified atom stereocenters. The standard InChI is InChI=1S/C15H19N3O9/c1-6(19)23-4-9-11(24-7(2)20)12(25-8(3)21)15(26-9)27-14-10(13(16)22)17-5-18-14/h5,9,11-12,15H,4H2,1-3H3,(H2,16,22)(H,17,18)/t9-,11+,12+,15-/m1/s1. The number of carbonyl (C=O) groups excluding carboxylic acids is 4. The smallest absolute Gasteiger partial charge is 0.303 e. The number of hydrogen-bond donors (Lipinski definition) is 2. The molecule has 4 atom stereocenters. The van der Waals surface area contributed by atoms with Gasteiger partial charge in [-0.3, -0.25) is 19.2 Å². The van der Waals surface area contributed by atoms with Gasteiger partial charge in [0.2, 0.25) is 18.3 Å². The largest absolute Gasteiger partial charge is 0.463 e. The van der Waals surface area contributed by atoms with Gasteiger partial charge in [-0.15, -0.1) is 0 Å². The zero-order valence-electron chi connectivity index (χ0n) is 14.8. The van der Waals surface area contributed by atoms with E-state index < -0.39 is 48.4 Å². The molecule has 3 N–H and O–H groups in total. The second-order valence-corrected chi connectivity index (χ2v) is 5.56. The summed E-state index contributed by atoms with van der Waals surface area (Å²) in [4.78, 5) is 51.7. The minimum Gasteiger partial charge on any atom is -0.463 e. The van der Waals surface area contributed by atoms with Gasteiger partial charge in [-0.2, -0.15) is 0 Å². The van der Waals surface area contributed by atoms with Crippen LogP contribution >= 0.6 is 0 Å². The lowest BCUT2D eigenvalue weighted by molar-refractivity contribution is -0.171. The Bertz CT molecular complexity index is 732. The lowest BCUT2D eigenvalue weighted by atomic mass is 10.1. The third-order valence-corrected chi connectivity index (χ3v) is 3.40. The van der Waals surface area contributed by atoms with Crippen LogP contribution in [-0.4, -0.2) is 65.0 Å². The van der Waals surface area contributed by atoms with Gasteiger partial charge in [0.15, 0.2) is 11.8 Å². The molecule has 148 valence electrons. The van der Waals surface area contributed by atoms with Gasteiger partial charge in [-0.1, -0.05) is 0 Å². The van der Waals surface area contributed by atoms with Crippen LogP contribution in [0.25, 0.3) is 0 Å². The maximum Gasteiger partial charge on any atom is 0.303 e. The second kappa shape index (κ2) is 8.49. The Labute approximate surface area is 153 Å². The van der Waals surface area contributed by atoms with Crippen LogP contribution in [0.2, 0.25) is 0 Å². The highest BCUT2D eigenvalue weighted by molar-refractivity contribution is 5.93. The zero-order chi connectivity index (χ0) is 20.1. The molecule has 0 bridgehead atoms. The van der Waals surface area contributed by atoms with E-state index in [4.69, 9.17) is 29.4 Å². The van der Waals surface area contributed by atoms with Gasteiger partial charge in [-0.05, 0) is 0 Å². The predicted octanol–water partition coefficient (Wildman–Crippen LogP) is -0.961. The molecule has 0 radical (unpaired) electrons. The molecule has 0 aliphatic carbocycles. The van der Waals surface area contributed by atoms with Crippen LogP contribution in [0, 0.1) is 0 Å². The number of primary amides is 1. The number of imidazole rings is 1. The Balaban J connectivity index is 2.27. The molecule has 1 aliphatic heterocycles. The summed E-state index contributed by atoms with van der Waals surface area (Å²) in [7, 11) is 0. The Morgan fingerprint density at radius 2 is 1.74 bits per heavy atom. The third kappa shape index (κ3) is 5.17. The Kier molecular flexibility index (Phi) is 6.34. The molecule has 2 heterocycles. The van der Waals surface area contributed by atoms with Gasteiger partial charge in [0.1, 0.15) is 12.7 Å². The maximum absolute atomic E-state index is 11.5. The summed E-state index contributed by atoms with van der Waals surface area (Å²) >= 11 is 0. The minimum absolute atomic E-state index is 0.132. The molecule has 12 nitrogen and oxygen atoms in total. The van der Waals surface area contributed by atoms with E-state index >= 15 is 0 Å². The first-order chi connectivity index (χ1) is 12.7. The number of esters is 3. The summed E-state index contributed by atoms with van der Waals surface area (Å²) in [5.41, 5.74) is 5.08. The molecule has 1 saturated heterocycles. The quantitative estimate of drug-likeness (QED) is 0.440. The SMILES string of the molecule is CC(=O)OC[C@H]1O[C@H](Oc2nc[nH]c2C(N)=O)[C@@H](OC(C)=O)[C@H]1OC(C)=O. The molecule has 2 rings (SSSR count). The molecule has 1 aromatic heterocycles. The van der Waals surface area contributed by atoms with Gasteiger partial charge in [0, 0.05) is 20.8 Å². The summed E-state index contributed by atoms with van der Waals surface area (Å²) < 4.78 is 26.3. The van der Waals surface area contributed by atoms with Gasteiger partial charge >= 0.3 is 17.9 Å². The molecule has 0 aromatic carbocycles. The van der Waals surface area contributed by atoms with Crippen LogP contribution in [-0.2, 0) is 33.3 Å². The normalized spacial score (nSPS) is 24.1. The summed E-state index contributed by atoms with van der Waals surface area (Å²) in [6, 6.07) is 0. The van der Waals surface area contributed by atoms with Gasteiger partial charge < -0.3 is 34.4 Å². The van der Waals surface area contributed by atoms with Crippen LogP contribution in [0.4, 0.5) is 0 Å². The fraction of sp³-hybridized carbons (Fsp3) is 0.533. The van der Waals surface area contributed by atoms with E-state index in [9.17, 15) is 19.2 Å². The van der Waals surface area contributed by atoms with Crippen molar-refractivity contribution in [1.29, 1.82) is 0 Å². The molecule has 12 heteroatoms. The average Bonchev–Trinajstić information content (AvgIpc) is 3.12. The van der Waals surface area contributed by atoms with E-state index in [0.29, 0.717) is 0 Å². The van der Waals surface area contributed by atoms with Crippen LogP contribution in [0.15, 0.2) is 6.33 Å². The van der Waals surface area contributed by atoms with Crippen LogP contribution < -0.4 is 10.5 Å². The molecule has 1 fully saturated rings. The lowest BCUT2D eigenvalue weighted by Crippen LogP contribution is -2.42. The van der Waals surface area contributed by atoms with Crippen molar-refractivity contribution < 1.29 is 42.9 Å². The second-order valence-electron chi connectivity index (χ2n) is 5.56. The van der Waals surface area contributed by atoms with Crippen molar-refractivity contribution in [2.75, 3.05) is 6.61 Å². The first kappa shape index (κ1) is 20.2. The Morgan fingerprint density at radius 3 is 2.30 bits per heavy atom. The van der Waals surface area contributed by atoms with Gasteiger partial charge in [0.05, 0.1) is 6.33 Å². The van der Waals surface area contributed by atoms with Crippen molar-refractivity contribution in [2.45, 2.75) is 45.4 Å². The number of amides is 1. The van der Waals surface area contributed by atoms with Crippen LogP contribution in [0.5, 0.6) is 5.88 Å². The summed E-state index contributed by atoms with van der Waals surface area (Å²) in [5, 5.41) is 0. The number of carbonyl (C=O) groups is 4. The number of nitrogens with zero attached hydrogens (tertiary/aromatic N) is 1. The van der Waals surface area contributed by atoms with Crippen molar-refractivity contribution in [3.63, 3.8) is 0 Å². The van der Waals surface area contributed by atoms with E-state index in [2.05, 4.69) is 9.97 Å². The number of nitrogens with one attached hydrogen (secondary N) is 1. The van der Waals surface area contributed by atoms with Crippen LogP contribution in [0.1, 0.15) is 31.3 Å². The Morgan fingerprint density at radius 1 is 1.11 bits per heavy atom. The van der Waals surface area contributed by atoms with E-state index in [0.717, 1.165) is 13.8 Å². The van der Waals surface area contributed by atoms with E-state index in [-0.39, 0.29) is 18.2 Å². The predicted molar refractivity (Wildman–Crippen MR) is 84.1 cm³/mol. The average molecular weight is 385 g/mol. The lowest BCUT2D eigenvalue weighted by Gasteiger charge is -2.23. The molecular weight excluding hydrogens is 366 g/mol. The summed E-state index contributed by atoms with van der Waals surface area (Å²) in [6.07, 6.45) is -3.44. The number of ether oxygens (including phenoxy) is 5. The highest BCUT2D eigenvalue weighted by Crippen LogP contribution is 2.30. The van der Waals surface area contributed by atoms with Crippen LogP contribution in [0.3, 0.4) is 0 Å². The topological polar surface area (TPSA) is 169 Å². The van der Waals surface area contributed by atoms with E-state index in [1.807, 2.05) is 0 Å². The zero-order valence-corrected chi connectivity index (χ0v) is 14.8.